The van der Waals surface area contributed by atoms with Gasteiger partial charge in [-0.25, -0.2) is 4.98 Å². The van der Waals surface area contributed by atoms with Crippen LogP contribution in [0.5, 0.6) is 0 Å². The maximum atomic E-state index is 13.0. The lowest BCUT2D eigenvalue weighted by molar-refractivity contribution is -0.130. The van der Waals surface area contributed by atoms with E-state index in [1.165, 1.54) is 38.6 Å². The van der Waals surface area contributed by atoms with Gasteiger partial charge in [0.25, 0.3) is 5.56 Å². The van der Waals surface area contributed by atoms with E-state index in [9.17, 15) is 9.59 Å². The highest BCUT2D eigenvalue weighted by Crippen LogP contribution is 2.33. The summed E-state index contributed by atoms with van der Waals surface area (Å²) in [4.78, 5) is 36.9. The van der Waals surface area contributed by atoms with Gasteiger partial charge in [0.15, 0.2) is 0 Å². The molecule has 1 saturated carbocycles. The third-order valence-corrected chi connectivity index (χ3v) is 6.57. The van der Waals surface area contributed by atoms with Gasteiger partial charge in [-0.3, -0.25) is 14.5 Å². The molecule has 4 heterocycles. The molecule has 5 rings (SSSR count). The molecule has 0 unspecified atom stereocenters. The molecule has 0 spiro atoms. The van der Waals surface area contributed by atoms with Crippen molar-refractivity contribution in [3.63, 3.8) is 0 Å². The number of aromatic nitrogens is 2. The van der Waals surface area contributed by atoms with Crippen molar-refractivity contribution in [1.29, 1.82) is 0 Å². The minimum Gasteiger partial charge on any atom is -0.341 e. The molecule has 2 bridgehead atoms. The Balaban J connectivity index is 1.45. The number of fused-ring (bicyclic) bond motifs is 4. The van der Waals surface area contributed by atoms with Crippen LogP contribution < -0.4 is 5.56 Å². The summed E-state index contributed by atoms with van der Waals surface area (Å²) in [6.07, 6.45) is 6.72. The lowest BCUT2D eigenvalue weighted by Crippen LogP contribution is -2.47. The van der Waals surface area contributed by atoms with E-state index in [-0.39, 0.29) is 17.9 Å². The van der Waals surface area contributed by atoms with Gasteiger partial charge in [0.2, 0.25) is 5.91 Å². The average molecular weight is 358 g/mol. The minimum atomic E-state index is -0.173. The van der Waals surface area contributed by atoms with Crippen LogP contribution in [0.4, 0.5) is 0 Å². The average Bonchev–Trinajstić information content (AvgIpc) is 2.86. The Morgan fingerprint density at radius 3 is 2.65 bits per heavy atom. The summed E-state index contributed by atoms with van der Waals surface area (Å²) in [7, 11) is 0. The second-order valence-electron chi connectivity index (χ2n) is 8.54. The lowest BCUT2D eigenvalue weighted by Gasteiger charge is -2.40. The molecule has 6 nitrogen and oxygen atoms in total. The topological polar surface area (TPSA) is 69.3 Å². The molecular formula is C20H30N4O2. The van der Waals surface area contributed by atoms with Crippen LogP contribution in [0.3, 0.4) is 0 Å². The molecule has 1 N–H and O–H groups in total. The normalized spacial score (nSPS) is 26.6. The molecule has 4 aliphatic rings. The molecule has 142 valence electrons. The lowest BCUT2D eigenvalue weighted by atomic mass is 9.83. The van der Waals surface area contributed by atoms with Crippen molar-refractivity contribution >= 4 is 5.91 Å². The fourth-order valence-corrected chi connectivity index (χ4v) is 4.84. The van der Waals surface area contributed by atoms with E-state index < -0.39 is 0 Å². The number of hydrogen-bond donors (Lipinski definition) is 1. The zero-order valence-corrected chi connectivity index (χ0v) is 16.0. The second-order valence-corrected chi connectivity index (χ2v) is 8.54. The predicted octanol–water partition coefficient (Wildman–Crippen LogP) is 1.65. The Morgan fingerprint density at radius 2 is 1.96 bits per heavy atom. The van der Waals surface area contributed by atoms with Gasteiger partial charge in [-0.15, -0.1) is 0 Å². The number of amides is 1. The van der Waals surface area contributed by atoms with Crippen LogP contribution in [-0.4, -0.2) is 57.9 Å². The summed E-state index contributed by atoms with van der Waals surface area (Å²) in [6, 6.07) is 0.494. The van der Waals surface area contributed by atoms with Crippen molar-refractivity contribution < 1.29 is 4.79 Å². The van der Waals surface area contributed by atoms with E-state index in [1.807, 2.05) is 11.8 Å². The van der Waals surface area contributed by atoms with Crippen LogP contribution in [0.15, 0.2) is 4.79 Å². The molecule has 1 aliphatic carbocycles. The molecule has 1 aromatic heterocycles. The zero-order valence-electron chi connectivity index (χ0n) is 16.0. The summed E-state index contributed by atoms with van der Waals surface area (Å²) < 4.78 is 0. The van der Waals surface area contributed by atoms with Gasteiger partial charge in [-0.05, 0) is 51.4 Å². The molecule has 1 aromatic rings. The maximum Gasteiger partial charge on any atom is 0.254 e. The number of piperidine rings is 1. The van der Waals surface area contributed by atoms with Crippen molar-refractivity contribution in [2.45, 2.75) is 58.4 Å². The van der Waals surface area contributed by atoms with Crippen molar-refractivity contribution in [2.24, 2.45) is 11.8 Å². The van der Waals surface area contributed by atoms with Crippen molar-refractivity contribution in [2.75, 3.05) is 26.2 Å². The van der Waals surface area contributed by atoms with E-state index in [2.05, 4.69) is 14.9 Å². The van der Waals surface area contributed by atoms with Crippen LogP contribution in [0.25, 0.3) is 0 Å². The largest absolute Gasteiger partial charge is 0.341 e. The molecule has 4 fully saturated rings. The number of carbonyl (C=O) groups is 1. The van der Waals surface area contributed by atoms with Gasteiger partial charge in [0.1, 0.15) is 5.82 Å². The van der Waals surface area contributed by atoms with E-state index >= 15 is 0 Å². The van der Waals surface area contributed by atoms with E-state index in [4.69, 9.17) is 0 Å². The zero-order chi connectivity index (χ0) is 18.3. The van der Waals surface area contributed by atoms with Gasteiger partial charge in [-0.1, -0.05) is 6.42 Å². The number of aryl methyl sites for hydroxylation is 2. The van der Waals surface area contributed by atoms with Crippen LogP contribution in [0.1, 0.15) is 49.2 Å². The molecule has 0 aromatic carbocycles. The van der Waals surface area contributed by atoms with Crippen LogP contribution >= 0.6 is 0 Å². The summed E-state index contributed by atoms with van der Waals surface area (Å²) in [5, 5.41) is 0. The van der Waals surface area contributed by atoms with Gasteiger partial charge in [0.05, 0.1) is 6.42 Å². The highest BCUT2D eigenvalue weighted by atomic mass is 16.2. The summed E-state index contributed by atoms with van der Waals surface area (Å²) in [6.45, 7) is 7.59. The molecule has 1 amide bonds. The second kappa shape index (κ2) is 7.14. The highest BCUT2D eigenvalue weighted by Gasteiger charge is 2.37. The summed E-state index contributed by atoms with van der Waals surface area (Å²) in [5.74, 6) is 2.13. The monoisotopic (exact) mass is 358 g/mol. The van der Waals surface area contributed by atoms with Crippen molar-refractivity contribution in [3.8, 4) is 0 Å². The molecule has 3 saturated heterocycles. The first kappa shape index (κ1) is 17.7. The van der Waals surface area contributed by atoms with Gasteiger partial charge >= 0.3 is 0 Å². The quantitative estimate of drug-likeness (QED) is 0.889. The number of nitrogens with one attached hydrogen (secondary N) is 1. The third kappa shape index (κ3) is 3.56. The predicted molar refractivity (Wildman–Crippen MR) is 100 cm³/mol. The number of rotatable bonds is 4. The Bertz CT molecular complexity index is 740. The van der Waals surface area contributed by atoms with Crippen LogP contribution in [0.2, 0.25) is 0 Å². The molecule has 3 aliphatic heterocycles. The fraction of sp³-hybridized carbons (Fsp3) is 0.750. The summed E-state index contributed by atoms with van der Waals surface area (Å²) >= 11 is 0. The molecular weight excluding hydrogens is 328 g/mol. The Labute approximate surface area is 155 Å². The molecule has 0 radical (unpaired) electrons. The Kier molecular flexibility index (Phi) is 4.86. The number of hydrogen-bond acceptors (Lipinski definition) is 4. The SMILES string of the molecule is Cc1nc(C)c(CC(=O)N2C[C@H]3CC[C@@H](C2)N(CC2CCC2)C3)c(=O)[nH]1. The minimum absolute atomic E-state index is 0.0756. The van der Waals surface area contributed by atoms with Gasteiger partial charge in [-0.2, -0.15) is 0 Å². The van der Waals surface area contributed by atoms with Crippen molar-refractivity contribution in [3.05, 3.63) is 27.4 Å². The van der Waals surface area contributed by atoms with Crippen molar-refractivity contribution in [1.82, 2.24) is 19.8 Å². The van der Waals surface area contributed by atoms with E-state index in [1.54, 1.807) is 6.92 Å². The standard InChI is InChI=1S/C20H30N4O2/c1-13-18(20(26)22-14(2)21-13)8-19(25)24-11-16-6-7-17(12-24)23(10-16)9-15-4-3-5-15/h15-17H,3-12H2,1-2H3,(H,21,22,26)/t16-,17-/m0/s1. The Hall–Kier alpha value is -1.69. The van der Waals surface area contributed by atoms with E-state index in [0.717, 1.165) is 25.6 Å². The van der Waals surface area contributed by atoms with E-state index in [0.29, 0.717) is 29.0 Å². The maximum absolute atomic E-state index is 13.0. The molecule has 2 atom stereocenters. The number of carbonyl (C=O) groups excluding carboxylic acids is 1. The number of H-pyrrole nitrogens is 1. The molecule has 26 heavy (non-hydrogen) atoms. The smallest absolute Gasteiger partial charge is 0.254 e. The summed E-state index contributed by atoms with van der Waals surface area (Å²) in [5.41, 5.74) is 1.01. The number of nitrogens with zero attached hydrogens (tertiary/aromatic N) is 3. The fourth-order valence-electron chi connectivity index (χ4n) is 4.84. The molecule has 6 heteroatoms. The van der Waals surface area contributed by atoms with Crippen LogP contribution in [0, 0.1) is 25.7 Å². The van der Waals surface area contributed by atoms with Crippen LogP contribution in [-0.2, 0) is 11.2 Å². The number of aromatic amines is 1. The highest BCUT2D eigenvalue weighted by molar-refractivity contribution is 5.79. The first-order valence-electron chi connectivity index (χ1n) is 10.1. The first-order chi connectivity index (χ1) is 12.5. The Morgan fingerprint density at radius 1 is 1.15 bits per heavy atom. The first-order valence-corrected chi connectivity index (χ1v) is 10.1. The third-order valence-electron chi connectivity index (χ3n) is 6.57. The van der Waals surface area contributed by atoms with Gasteiger partial charge < -0.3 is 9.88 Å². The van der Waals surface area contributed by atoms with Gasteiger partial charge in [0, 0.05) is 43.5 Å².